The molecule has 0 bridgehead atoms. The maximum Gasteiger partial charge on any atom is 0.172 e. The van der Waals surface area contributed by atoms with Crippen molar-refractivity contribution >= 4 is 0 Å². The first-order valence-electron chi connectivity index (χ1n) is 4.10. The van der Waals surface area contributed by atoms with Gasteiger partial charge < -0.3 is 4.74 Å². The average Bonchev–Trinajstić information content (AvgIpc) is 2.03. The standard InChI is InChI=1S/C10H16NO/c1-10(2,3)11-7-5-9(12-4)6-8-11/h5-8H,1-4H3/q+1. The van der Waals surface area contributed by atoms with Crippen molar-refractivity contribution in [3.63, 3.8) is 0 Å². The number of pyridine rings is 1. The smallest absolute Gasteiger partial charge is 0.172 e. The molecule has 0 aromatic carbocycles. The van der Waals surface area contributed by atoms with Gasteiger partial charge in [-0.25, -0.2) is 4.57 Å². The molecule has 0 fully saturated rings. The Kier molecular flexibility index (Phi) is 2.36. The topological polar surface area (TPSA) is 13.1 Å². The van der Waals surface area contributed by atoms with Gasteiger partial charge in [0.05, 0.1) is 7.11 Å². The lowest BCUT2D eigenvalue weighted by atomic mass is 10.1. The molecule has 0 aliphatic rings. The first-order valence-corrected chi connectivity index (χ1v) is 4.10. The highest BCUT2D eigenvalue weighted by Crippen LogP contribution is 2.08. The summed E-state index contributed by atoms with van der Waals surface area (Å²) in [5.74, 6) is 0.899. The molecule has 0 saturated heterocycles. The summed E-state index contributed by atoms with van der Waals surface area (Å²) in [6.07, 6.45) is 4.05. The minimum atomic E-state index is 0.145. The van der Waals surface area contributed by atoms with Gasteiger partial charge in [0.15, 0.2) is 17.9 Å². The van der Waals surface area contributed by atoms with Crippen molar-refractivity contribution in [2.75, 3.05) is 7.11 Å². The van der Waals surface area contributed by atoms with Gasteiger partial charge in [-0.05, 0) is 0 Å². The van der Waals surface area contributed by atoms with Crippen molar-refractivity contribution in [2.45, 2.75) is 26.3 Å². The number of ether oxygens (including phenoxy) is 1. The van der Waals surface area contributed by atoms with Crippen LogP contribution in [0.3, 0.4) is 0 Å². The molecule has 1 aromatic heterocycles. The van der Waals surface area contributed by atoms with E-state index >= 15 is 0 Å². The van der Waals surface area contributed by atoms with E-state index in [2.05, 4.69) is 25.3 Å². The summed E-state index contributed by atoms with van der Waals surface area (Å²) in [4.78, 5) is 0. The van der Waals surface area contributed by atoms with Gasteiger partial charge >= 0.3 is 0 Å². The second kappa shape index (κ2) is 3.13. The second-order valence-electron chi connectivity index (χ2n) is 3.82. The van der Waals surface area contributed by atoms with Crippen LogP contribution in [0.2, 0.25) is 0 Å². The molecule has 0 atom stereocenters. The van der Waals surface area contributed by atoms with Crippen LogP contribution in [0.25, 0.3) is 0 Å². The summed E-state index contributed by atoms with van der Waals surface area (Å²) in [6, 6.07) is 3.93. The van der Waals surface area contributed by atoms with Gasteiger partial charge in [-0.3, -0.25) is 0 Å². The first kappa shape index (κ1) is 9.04. The predicted molar refractivity (Wildman–Crippen MR) is 48.2 cm³/mol. The summed E-state index contributed by atoms with van der Waals surface area (Å²) in [5, 5.41) is 0. The number of hydrogen-bond acceptors (Lipinski definition) is 1. The third kappa shape index (κ3) is 1.97. The van der Waals surface area contributed by atoms with Crippen molar-refractivity contribution in [1.82, 2.24) is 0 Å². The molecule has 0 saturated carbocycles. The Morgan fingerprint density at radius 2 is 1.67 bits per heavy atom. The Hall–Kier alpha value is -1.05. The van der Waals surface area contributed by atoms with Crippen LogP contribution in [-0.4, -0.2) is 7.11 Å². The molecule has 2 nitrogen and oxygen atoms in total. The van der Waals surface area contributed by atoms with E-state index in [0.29, 0.717) is 0 Å². The number of rotatable bonds is 1. The van der Waals surface area contributed by atoms with Gasteiger partial charge in [0.1, 0.15) is 5.75 Å². The normalized spacial score (nSPS) is 11.3. The zero-order valence-corrected chi connectivity index (χ0v) is 8.16. The van der Waals surface area contributed by atoms with Crippen LogP contribution in [0, 0.1) is 0 Å². The lowest BCUT2D eigenvalue weighted by molar-refractivity contribution is -0.754. The summed E-state index contributed by atoms with van der Waals surface area (Å²) in [7, 11) is 1.68. The van der Waals surface area contributed by atoms with Crippen molar-refractivity contribution in [1.29, 1.82) is 0 Å². The van der Waals surface area contributed by atoms with Gasteiger partial charge in [0.2, 0.25) is 0 Å². The van der Waals surface area contributed by atoms with E-state index in [1.54, 1.807) is 7.11 Å². The SMILES string of the molecule is COc1cc[n+](C(C)(C)C)cc1. The molecular weight excluding hydrogens is 150 g/mol. The molecule has 0 aliphatic carbocycles. The highest BCUT2D eigenvalue weighted by Gasteiger charge is 2.20. The monoisotopic (exact) mass is 166 g/mol. The minimum Gasteiger partial charge on any atom is -0.496 e. The highest BCUT2D eigenvalue weighted by molar-refractivity contribution is 5.14. The third-order valence-electron chi connectivity index (χ3n) is 1.81. The fourth-order valence-corrected chi connectivity index (χ4v) is 0.996. The predicted octanol–water partition coefficient (Wildman–Crippen LogP) is 1.74. The van der Waals surface area contributed by atoms with E-state index < -0.39 is 0 Å². The molecular formula is C10H16NO+. The van der Waals surface area contributed by atoms with Gasteiger partial charge in [-0.1, -0.05) is 0 Å². The zero-order valence-electron chi connectivity index (χ0n) is 8.16. The summed E-state index contributed by atoms with van der Waals surface area (Å²) >= 11 is 0. The number of aromatic nitrogens is 1. The van der Waals surface area contributed by atoms with Gasteiger partial charge in [0.25, 0.3) is 0 Å². The Bertz CT molecular complexity index is 246. The molecule has 0 aliphatic heterocycles. The van der Waals surface area contributed by atoms with Crippen LogP contribution in [0.4, 0.5) is 0 Å². The van der Waals surface area contributed by atoms with Crippen molar-refractivity contribution in [3.8, 4) is 5.75 Å². The van der Waals surface area contributed by atoms with E-state index in [4.69, 9.17) is 4.74 Å². The first-order chi connectivity index (χ1) is 5.54. The van der Waals surface area contributed by atoms with Crippen molar-refractivity contribution < 1.29 is 9.30 Å². The van der Waals surface area contributed by atoms with Crippen LogP contribution in [-0.2, 0) is 5.54 Å². The lowest BCUT2D eigenvalue weighted by Gasteiger charge is -2.12. The quantitative estimate of drug-likeness (QED) is 0.579. The number of methoxy groups -OCH3 is 1. The van der Waals surface area contributed by atoms with E-state index in [-0.39, 0.29) is 5.54 Å². The van der Waals surface area contributed by atoms with Gasteiger partial charge in [0, 0.05) is 32.9 Å². The Morgan fingerprint density at radius 3 is 2.00 bits per heavy atom. The summed E-state index contributed by atoms with van der Waals surface area (Å²) in [6.45, 7) is 6.50. The molecule has 12 heavy (non-hydrogen) atoms. The van der Waals surface area contributed by atoms with Crippen molar-refractivity contribution in [2.24, 2.45) is 0 Å². The minimum absolute atomic E-state index is 0.145. The number of hydrogen-bond donors (Lipinski definition) is 0. The van der Waals surface area contributed by atoms with E-state index in [9.17, 15) is 0 Å². The lowest BCUT2D eigenvalue weighted by Crippen LogP contribution is -2.49. The Labute approximate surface area is 73.8 Å². The van der Waals surface area contributed by atoms with Crippen LogP contribution < -0.4 is 9.30 Å². The molecule has 0 unspecified atom stereocenters. The maximum absolute atomic E-state index is 5.07. The zero-order chi connectivity index (χ0) is 9.19. The van der Waals surface area contributed by atoms with Crippen molar-refractivity contribution in [3.05, 3.63) is 24.5 Å². The molecule has 0 amide bonds. The molecule has 1 aromatic rings. The maximum atomic E-state index is 5.07. The second-order valence-corrected chi connectivity index (χ2v) is 3.82. The third-order valence-corrected chi connectivity index (χ3v) is 1.81. The van der Waals surface area contributed by atoms with E-state index in [1.165, 1.54) is 0 Å². The largest absolute Gasteiger partial charge is 0.496 e. The number of nitrogens with zero attached hydrogens (tertiary/aromatic N) is 1. The fraction of sp³-hybridized carbons (Fsp3) is 0.500. The molecule has 1 heterocycles. The van der Waals surface area contributed by atoms with Gasteiger partial charge in [-0.15, -0.1) is 0 Å². The van der Waals surface area contributed by atoms with E-state index in [1.807, 2.05) is 24.5 Å². The molecule has 0 spiro atoms. The molecule has 66 valence electrons. The average molecular weight is 166 g/mol. The molecule has 1 rings (SSSR count). The van der Waals surface area contributed by atoms with Gasteiger partial charge in [-0.2, -0.15) is 0 Å². The highest BCUT2D eigenvalue weighted by atomic mass is 16.5. The fourth-order valence-electron chi connectivity index (χ4n) is 0.996. The van der Waals surface area contributed by atoms with Crippen LogP contribution in [0.15, 0.2) is 24.5 Å². The molecule has 0 radical (unpaired) electrons. The Balaban J connectivity index is 2.93. The molecule has 2 heteroatoms. The van der Waals surface area contributed by atoms with E-state index in [0.717, 1.165) is 5.75 Å². The Morgan fingerprint density at radius 1 is 1.17 bits per heavy atom. The van der Waals surface area contributed by atoms with Crippen LogP contribution in [0.1, 0.15) is 20.8 Å². The summed E-state index contributed by atoms with van der Waals surface area (Å²) in [5.41, 5.74) is 0.145. The van der Waals surface area contributed by atoms with Crippen LogP contribution in [0.5, 0.6) is 5.75 Å². The van der Waals surface area contributed by atoms with Crippen LogP contribution >= 0.6 is 0 Å². The summed E-state index contributed by atoms with van der Waals surface area (Å²) < 4.78 is 7.22. The molecule has 0 N–H and O–H groups in total.